The van der Waals surface area contributed by atoms with E-state index in [1.807, 2.05) is 24.2 Å². The fraction of sp³-hybridized carbons (Fsp3) is 0.500. The first-order chi connectivity index (χ1) is 10.1. The highest BCUT2D eigenvalue weighted by Crippen LogP contribution is 2.24. The second kappa shape index (κ2) is 5.23. The Morgan fingerprint density at radius 2 is 2.38 bits per heavy atom. The smallest absolute Gasteiger partial charge is 0.407 e. The van der Waals surface area contributed by atoms with Crippen molar-refractivity contribution < 1.29 is 9.90 Å². The van der Waals surface area contributed by atoms with Crippen molar-refractivity contribution in [1.82, 2.24) is 19.9 Å². The van der Waals surface area contributed by atoms with Crippen LogP contribution in [0.25, 0.3) is 11.0 Å². The molecule has 0 aliphatic carbocycles. The van der Waals surface area contributed by atoms with Crippen molar-refractivity contribution in [2.75, 3.05) is 25.0 Å². The molecule has 1 aliphatic heterocycles. The summed E-state index contributed by atoms with van der Waals surface area (Å²) < 4.78 is 0. The van der Waals surface area contributed by atoms with Crippen LogP contribution in [-0.4, -0.2) is 57.2 Å². The third kappa shape index (κ3) is 2.51. The minimum absolute atomic E-state index is 0.0854. The second-order valence-corrected chi connectivity index (χ2v) is 5.62. The van der Waals surface area contributed by atoms with Crippen LogP contribution in [-0.2, 0) is 0 Å². The summed E-state index contributed by atoms with van der Waals surface area (Å²) in [5.74, 6) is 1.02. The van der Waals surface area contributed by atoms with Crippen molar-refractivity contribution in [3.05, 3.63) is 18.5 Å². The highest BCUT2D eigenvalue weighted by molar-refractivity contribution is 5.75. The number of piperidine rings is 1. The Kier molecular flexibility index (Phi) is 3.40. The van der Waals surface area contributed by atoms with E-state index in [1.54, 1.807) is 6.20 Å². The van der Waals surface area contributed by atoms with E-state index < -0.39 is 6.09 Å². The SMILES string of the molecule is CC1CCN(C(=O)O)CC1N(C)c1ncc2cc[nH]c2n1. The van der Waals surface area contributed by atoms with Crippen LogP contribution in [0.4, 0.5) is 10.7 Å². The number of carboxylic acid groups (broad SMARTS) is 1. The number of hydrogen-bond acceptors (Lipinski definition) is 4. The lowest BCUT2D eigenvalue weighted by atomic mass is 9.93. The number of likely N-dealkylation sites (N-methyl/N-ethyl adjacent to an activating group) is 1. The van der Waals surface area contributed by atoms with Gasteiger partial charge in [0, 0.05) is 37.9 Å². The number of H-pyrrole nitrogens is 1. The fourth-order valence-corrected chi connectivity index (χ4v) is 2.87. The maximum absolute atomic E-state index is 11.2. The van der Waals surface area contributed by atoms with Crippen molar-refractivity contribution in [2.45, 2.75) is 19.4 Å². The highest BCUT2D eigenvalue weighted by Gasteiger charge is 2.32. The molecule has 0 aromatic carbocycles. The van der Waals surface area contributed by atoms with Gasteiger partial charge >= 0.3 is 6.09 Å². The Morgan fingerprint density at radius 1 is 1.57 bits per heavy atom. The molecule has 1 aliphatic rings. The molecule has 2 atom stereocenters. The molecule has 1 saturated heterocycles. The summed E-state index contributed by atoms with van der Waals surface area (Å²) in [5, 5.41) is 10.1. The Balaban J connectivity index is 1.84. The van der Waals surface area contributed by atoms with Crippen LogP contribution >= 0.6 is 0 Å². The maximum Gasteiger partial charge on any atom is 0.407 e. The van der Waals surface area contributed by atoms with Gasteiger partial charge in [-0.15, -0.1) is 0 Å². The maximum atomic E-state index is 11.2. The third-order valence-electron chi connectivity index (χ3n) is 4.29. The lowest BCUT2D eigenvalue weighted by Crippen LogP contribution is -2.52. The van der Waals surface area contributed by atoms with Gasteiger partial charge in [0.15, 0.2) is 0 Å². The van der Waals surface area contributed by atoms with Crippen LogP contribution in [0.3, 0.4) is 0 Å². The van der Waals surface area contributed by atoms with Gasteiger partial charge in [-0.2, -0.15) is 4.98 Å². The number of nitrogens with one attached hydrogen (secondary N) is 1. The molecule has 3 heterocycles. The molecule has 0 radical (unpaired) electrons. The average molecular weight is 289 g/mol. The topological polar surface area (TPSA) is 85.4 Å². The van der Waals surface area contributed by atoms with E-state index in [0.29, 0.717) is 25.0 Å². The van der Waals surface area contributed by atoms with Crippen LogP contribution in [0, 0.1) is 5.92 Å². The average Bonchev–Trinajstić information content (AvgIpc) is 2.94. The van der Waals surface area contributed by atoms with E-state index >= 15 is 0 Å². The van der Waals surface area contributed by atoms with Crippen molar-refractivity contribution >= 4 is 23.1 Å². The van der Waals surface area contributed by atoms with E-state index in [2.05, 4.69) is 21.9 Å². The summed E-state index contributed by atoms with van der Waals surface area (Å²) in [4.78, 5) is 26.6. The molecule has 0 bridgehead atoms. The predicted octanol–water partition coefficient (Wildman–Crippen LogP) is 1.78. The summed E-state index contributed by atoms with van der Waals surface area (Å²) in [5.41, 5.74) is 0.797. The Labute approximate surface area is 122 Å². The van der Waals surface area contributed by atoms with Gasteiger partial charge in [0.2, 0.25) is 5.95 Å². The Bertz CT molecular complexity index is 656. The lowest BCUT2D eigenvalue weighted by molar-refractivity contribution is 0.118. The number of carbonyl (C=O) groups is 1. The molecule has 7 nitrogen and oxygen atoms in total. The third-order valence-corrected chi connectivity index (χ3v) is 4.29. The molecule has 2 unspecified atom stereocenters. The van der Waals surface area contributed by atoms with Crippen molar-refractivity contribution in [1.29, 1.82) is 0 Å². The normalized spacial score (nSPS) is 22.5. The van der Waals surface area contributed by atoms with Gasteiger partial charge in [-0.25, -0.2) is 9.78 Å². The highest BCUT2D eigenvalue weighted by atomic mass is 16.4. The largest absolute Gasteiger partial charge is 0.465 e. The first-order valence-electron chi connectivity index (χ1n) is 7.07. The van der Waals surface area contributed by atoms with E-state index in [4.69, 9.17) is 0 Å². The molecule has 0 saturated carbocycles. The fourth-order valence-electron chi connectivity index (χ4n) is 2.87. The second-order valence-electron chi connectivity index (χ2n) is 5.62. The summed E-state index contributed by atoms with van der Waals surface area (Å²) >= 11 is 0. The molecular weight excluding hydrogens is 270 g/mol. The number of aromatic amines is 1. The summed E-state index contributed by atoms with van der Waals surface area (Å²) in [6.07, 6.45) is 3.61. The minimum atomic E-state index is -0.860. The zero-order valence-corrected chi connectivity index (χ0v) is 12.2. The zero-order chi connectivity index (χ0) is 15.0. The van der Waals surface area contributed by atoms with Crippen molar-refractivity contribution in [3.63, 3.8) is 0 Å². The number of hydrogen-bond donors (Lipinski definition) is 2. The van der Waals surface area contributed by atoms with Crippen molar-refractivity contribution in [2.24, 2.45) is 5.92 Å². The molecule has 1 amide bonds. The monoisotopic (exact) mass is 289 g/mol. The van der Waals surface area contributed by atoms with E-state index in [1.165, 1.54) is 4.90 Å². The minimum Gasteiger partial charge on any atom is -0.465 e. The summed E-state index contributed by atoms with van der Waals surface area (Å²) in [6, 6.07) is 2.01. The zero-order valence-electron chi connectivity index (χ0n) is 12.2. The van der Waals surface area contributed by atoms with Crippen LogP contribution < -0.4 is 4.90 Å². The van der Waals surface area contributed by atoms with Gasteiger partial charge < -0.3 is 19.9 Å². The number of likely N-dealkylation sites (tertiary alicyclic amines) is 1. The van der Waals surface area contributed by atoms with E-state index in [0.717, 1.165) is 17.5 Å². The molecule has 2 aromatic rings. The molecule has 21 heavy (non-hydrogen) atoms. The molecular formula is C14H19N5O2. The van der Waals surface area contributed by atoms with E-state index in [-0.39, 0.29) is 6.04 Å². The molecule has 112 valence electrons. The van der Waals surface area contributed by atoms with Crippen LogP contribution in [0.1, 0.15) is 13.3 Å². The first kappa shape index (κ1) is 13.7. The van der Waals surface area contributed by atoms with Gasteiger partial charge in [-0.3, -0.25) is 0 Å². The van der Waals surface area contributed by atoms with E-state index in [9.17, 15) is 9.90 Å². The van der Waals surface area contributed by atoms with Gasteiger partial charge in [-0.05, 0) is 18.4 Å². The number of rotatable bonds is 2. The van der Waals surface area contributed by atoms with Crippen LogP contribution in [0.2, 0.25) is 0 Å². The molecule has 0 spiro atoms. The molecule has 3 rings (SSSR count). The molecule has 2 aromatic heterocycles. The van der Waals surface area contributed by atoms with Crippen LogP contribution in [0.5, 0.6) is 0 Å². The Morgan fingerprint density at radius 3 is 3.14 bits per heavy atom. The van der Waals surface area contributed by atoms with Gasteiger partial charge in [0.25, 0.3) is 0 Å². The molecule has 2 N–H and O–H groups in total. The molecule has 1 fully saturated rings. The number of anilines is 1. The van der Waals surface area contributed by atoms with Crippen LogP contribution in [0.15, 0.2) is 18.5 Å². The lowest BCUT2D eigenvalue weighted by Gasteiger charge is -2.40. The quantitative estimate of drug-likeness (QED) is 0.880. The Hall–Kier alpha value is -2.31. The summed E-state index contributed by atoms with van der Waals surface area (Å²) in [6.45, 7) is 3.23. The summed E-state index contributed by atoms with van der Waals surface area (Å²) in [7, 11) is 1.93. The standard InChI is InChI=1S/C14H19N5O2/c1-9-4-6-19(14(20)21)8-11(9)18(2)13-16-7-10-3-5-15-12(10)17-13/h3,5,7,9,11H,4,6,8H2,1-2H3,(H,20,21)(H,15,16,17). The van der Waals surface area contributed by atoms with Gasteiger partial charge in [0.05, 0.1) is 6.04 Å². The number of fused-ring (bicyclic) bond motifs is 1. The van der Waals surface area contributed by atoms with Gasteiger partial charge in [-0.1, -0.05) is 6.92 Å². The number of amides is 1. The number of nitrogens with zero attached hydrogens (tertiary/aromatic N) is 4. The molecule has 7 heteroatoms. The van der Waals surface area contributed by atoms with Crippen molar-refractivity contribution in [3.8, 4) is 0 Å². The first-order valence-corrected chi connectivity index (χ1v) is 7.07. The predicted molar refractivity (Wildman–Crippen MR) is 79.5 cm³/mol. The number of aromatic nitrogens is 3. The van der Waals surface area contributed by atoms with Gasteiger partial charge in [0.1, 0.15) is 5.65 Å².